The van der Waals surface area contributed by atoms with Crippen molar-refractivity contribution in [3.05, 3.63) is 0 Å². The van der Waals surface area contributed by atoms with Crippen LogP contribution in [0.25, 0.3) is 0 Å². The normalized spacial score (nSPS) is 30.7. The van der Waals surface area contributed by atoms with E-state index in [1.165, 1.54) is 12.8 Å². The molecule has 15 heavy (non-hydrogen) atoms. The van der Waals surface area contributed by atoms with Gasteiger partial charge in [0, 0.05) is 32.0 Å². The summed E-state index contributed by atoms with van der Waals surface area (Å²) >= 11 is 0. The Morgan fingerprint density at radius 3 is 2.67 bits per heavy atom. The zero-order chi connectivity index (χ0) is 10.7. The van der Waals surface area contributed by atoms with Gasteiger partial charge >= 0.3 is 0 Å². The van der Waals surface area contributed by atoms with Crippen molar-refractivity contribution in [3.63, 3.8) is 0 Å². The molecule has 0 radical (unpaired) electrons. The van der Waals surface area contributed by atoms with Crippen molar-refractivity contribution in [2.24, 2.45) is 5.92 Å². The maximum Gasteiger partial charge on any atom is 0.133 e. The van der Waals surface area contributed by atoms with E-state index in [4.69, 9.17) is 5.11 Å². The first-order chi connectivity index (χ1) is 7.29. The lowest BCUT2D eigenvalue weighted by Crippen LogP contribution is -2.45. The van der Waals surface area contributed by atoms with Crippen LogP contribution in [0.5, 0.6) is 0 Å². The SMILES string of the molecule is O=C1CCC(N2CCCC(CO)C2)CC1. The van der Waals surface area contributed by atoms with E-state index in [2.05, 4.69) is 4.90 Å². The molecule has 1 saturated carbocycles. The first-order valence-corrected chi connectivity index (χ1v) is 6.16. The van der Waals surface area contributed by atoms with E-state index < -0.39 is 0 Å². The van der Waals surface area contributed by atoms with Crippen LogP contribution in [-0.4, -0.2) is 41.5 Å². The Morgan fingerprint density at radius 2 is 2.00 bits per heavy atom. The predicted molar refractivity (Wildman–Crippen MR) is 58.6 cm³/mol. The second-order valence-electron chi connectivity index (χ2n) is 4.96. The quantitative estimate of drug-likeness (QED) is 0.746. The first kappa shape index (κ1) is 11.1. The number of rotatable bonds is 2. The van der Waals surface area contributed by atoms with Gasteiger partial charge < -0.3 is 5.11 Å². The van der Waals surface area contributed by atoms with Crippen molar-refractivity contribution in [2.45, 2.75) is 44.6 Å². The highest BCUT2D eigenvalue weighted by atomic mass is 16.3. The van der Waals surface area contributed by atoms with E-state index in [1.54, 1.807) is 0 Å². The van der Waals surface area contributed by atoms with Gasteiger partial charge in [-0.1, -0.05) is 0 Å². The van der Waals surface area contributed by atoms with Crippen LogP contribution >= 0.6 is 0 Å². The maximum atomic E-state index is 11.2. The Balaban J connectivity index is 1.84. The minimum atomic E-state index is 0.322. The number of aliphatic hydroxyl groups is 1. The minimum Gasteiger partial charge on any atom is -0.396 e. The third-order valence-electron chi connectivity index (χ3n) is 3.84. The molecule has 2 fully saturated rings. The standard InChI is InChI=1S/C12H21NO2/c14-9-10-2-1-7-13(8-10)11-3-5-12(15)6-4-11/h10-11,14H,1-9H2. The second-order valence-corrected chi connectivity index (χ2v) is 4.96. The van der Waals surface area contributed by atoms with Crippen molar-refractivity contribution in [1.82, 2.24) is 4.90 Å². The van der Waals surface area contributed by atoms with Gasteiger partial charge in [0.25, 0.3) is 0 Å². The molecular formula is C12H21NO2. The third kappa shape index (κ3) is 2.79. The zero-order valence-electron chi connectivity index (χ0n) is 9.32. The number of carbonyl (C=O) groups excluding carboxylic acids is 1. The van der Waals surface area contributed by atoms with Crippen molar-refractivity contribution < 1.29 is 9.90 Å². The van der Waals surface area contributed by atoms with E-state index in [9.17, 15) is 4.79 Å². The lowest BCUT2D eigenvalue weighted by molar-refractivity contribution is -0.121. The molecule has 3 nitrogen and oxygen atoms in total. The lowest BCUT2D eigenvalue weighted by atomic mass is 9.90. The molecule has 0 bridgehead atoms. The maximum absolute atomic E-state index is 11.2. The summed E-state index contributed by atoms with van der Waals surface area (Å²) in [5.41, 5.74) is 0. The Labute approximate surface area is 91.5 Å². The largest absolute Gasteiger partial charge is 0.396 e. The smallest absolute Gasteiger partial charge is 0.133 e. The summed E-state index contributed by atoms with van der Waals surface area (Å²) < 4.78 is 0. The number of aliphatic hydroxyl groups excluding tert-OH is 1. The van der Waals surface area contributed by atoms with Crippen molar-refractivity contribution in [3.8, 4) is 0 Å². The average Bonchev–Trinajstić information content (AvgIpc) is 2.30. The van der Waals surface area contributed by atoms with Gasteiger partial charge in [0.2, 0.25) is 0 Å². The number of nitrogens with zero attached hydrogens (tertiary/aromatic N) is 1. The van der Waals surface area contributed by atoms with Gasteiger partial charge in [0.15, 0.2) is 0 Å². The van der Waals surface area contributed by atoms with Gasteiger partial charge in [0.05, 0.1) is 0 Å². The average molecular weight is 211 g/mol. The highest BCUT2D eigenvalue weighted by Gasteiger charge is 2.28. The van der Waals surface area contributed by atoms with Crippen LogP contribution in [0.4, 0.5) is 0 Å². The molecule has 0 aromatic heterocycles. The van der Waals surface area contributed by atoms with Gasteiger partial charge in [-0.05, 0) is 38.1 Å². The second kappa shape index (κ2) is 5.08. The van der Waals surface area contributed by atoms with Gasteiger partial charge in [-0.25, -0.2) is 0 Å². The molecular weight excluding hydrogens is 190 g/mol. The Morgan fingerprint density at radius 1 is 1.27 bits per heavy atom. The minimum absolute atomic E-state index is 0.322. The molecule has 1 unspecified atom stereocenters. The van der Waals surface area contributed by atoms with Crippen molar-refractivity contribution >= 4 is 5.78 Å². The van der Waals surface area contributed by atoms with Crippen LogP contribution in [0.1, 0.15) is 38.5 Å². The van der Waals surface area contributed by atoms with Crippen LogP contribution < -0.4 is 0 Å². The summed E-state index contributed by atoms with van der Waals surface area (Å²) in [6.07, 6.45) is 5.98. The lowest BCUT2D eigenvalue weighted by Gasteiger charge is -2.39. The summed E-state index contributed by atoms with van der Waals surface area (Å²) in [5, 5.41) is 9.17. The van der Waals surface area contributed by atoms with Gasteiger partial charge in [-0.2, -0.15) is 0 Å². The summed E-state index contributed by atoms with van der Waals surface area (Å²) in [7, 11) is 0. The number of ketones is 1. The summed E-state index contributed by atoms with van der Waals surface area (Å²) in [6, 6.07) is 0.608. The fraction of sp³-hybridized carbons (Fsp3) is 0.917. The summed E-state index contributed by atoms with van der Waals surface area (Å²) in [6.45, 7) is 2.52. The highest BCUT2D eigenvalue weighted by Crippen LogP contribution is 2.25. The third-order valence-corrected chi connectivity index (χ3v) is 3.84. The fourth-order valence-corrected chi connectivity index (χ4v) is 2.87. The molecule has 1 aliphatic carbocycles. The van der Waals surface area contributed by atoms with Crippen molar-refractivity contribution in [1.29, 1.82) is 0 Å². The molecule has 3 heteroatoms. The number of piperidine rings is 1. The molecule has 1 saturated heterocycles. The number of hydrogen-bond donors (Lipinski definition) is 1. The molecule has 0 aromatic rings. The monoisotopic (exact) mass is 211 g/mol. The predicted octanol–water partition coefficient (Wildman–Crippen LogP) is 1.20. The van der Waals surface area contributed by atoms with Crippen LogP contribution in [-0.2, 0) is 4.79 Å². The molecule has 0 spiro atoms. The topological polar surface area (TPSA) is 40.5 Å². The number of likely N-dealkylation sites (tertiary alicyclic amines) is 1. The molecule has 0 aromatic carbocycles. The van der Waals surface area contributed by atoms with E-state index in [0.717, 1.165) is 38.8 Å². The molecule has 86 valence electrons. The Bertz CT molecular complexity index is 220. The molecule has 1 heterocycles. The fourth-order valence-electron chi connectivity index (χ4n) is 2.87. The van der Waals surface area contributed by atoms with Gasteiger partial charge in [-0.3, -0.25) is 9.69 Å². The number of Topliss-reactive ketones (excluding diaryl/α,β-unsaturated/α-hetero) is 1. The Kier molecular flexibility index (Phi) is 3.76. The van der Waals surface area contributed by atoms with E-state index in [0.29, 0.717) is 24.3 Å². The Hall–Kier alpha value is -0.410. The van der Waals surface area contributed by atoms with E-state index in [1.807, 2.05) is 0 Å². The molecule has 1 atom stereocenters. The number of carbonyl (C=O) groups is 1. The number of hydrogen-bond acceptors (Lipinski definition) is 3. The van der Waals surface area contributed by atoms with Gasteiger partial charge in [-0.15, -0.1) is 0 Å². The summed E-state index contributed by atoms with van der Waals surface area (Å²) in [4.78, 5) is 13.7. The molecule has 2 rings (SSSR count). The van der Waals surface area contributed by atoms with E-state index >= 15 is 0 Å². The van der Waals surface area contributed by atoms with Crippen LogP contribution in [0.2, 0.25) is 0 Å². The van der Waals surface area contributed by atoms with Crippen LogP contribution in [0, 0.1) is 5.92 Å². The molecule has 2 aliphatic rings. The molecule has 1 aliphatic heterocycles. The highest BCUT2D eigenvalue weighted by molar-refractivity contribution is 5.79. The van der Waals surface area contributed by atoms with Crippen molar-refractivity contribution in [2.75, 3.05) is 19.7 Å². The van der Waals surface area contributed by atoms with Gasteiger partial charge in [0.1, 0.15) is 5.78 Å². The first-order valence-electron chi connectivity index (χ1n) is 6.16. The molecule has 0 amide bonds. The molecule has 1 N–H and O–H groups in total. The van der Waals surface area contributed by atoms with Crippen LogP contribution in [0.15, 0.2) is 0 Å². The van der Waals surface area contributed by atoms with Crippen LogP contribution in [0.3, 0.4) is 0 Å². The van der Waals surface area contributed by atoms with E-state index in [-0.39, 0.29) is 0 Å². The summed E-state index contributed by atoms with van der Waals surface area (Å²) in [5.74, 6) is 0.901. The zero-order valence-corrected chi connectivity index (χ0v) is 9.32.